The Morgan fingerprint density at radius 1 is 1.44 bits per heavy atom. The van der Waals surface area contributed by atoms with Crippen LogP contribution in [-0.2, 0) is 18.4 Å². The van der Waals surface area contributed by atoms with Gasteiger partial charge in [-0.25, -0.2) is 4.39 Å². The lowest BCUT2D eigenvalue weighted by Gasteiger charge is -2.33. The van der Waals surface area contributed by atoms with Gasteiger partial charge in [0.1, 0.15) is 0 Å². The summed E-state index contributed by atoms with van der Waals surface area (Å²) in [6.45, 7) is 7.51. The summed E-state index contributed by atoms with van der Waals surface area (Å²) >= 11 is 0. The van der Waals surface area contributed by atoms with Crippen LogP contribution in [0.5, 0.6) is 0 Å². The molecule has 2 atom stereocenters. The molecule has 2 nitrogen and oxygen atoms in total. The van der Waals surface area contributed by atoms with Gasteiger partial charge in [-0.2, -0.15) is 0 Å². The highest BCUT2D eigenvalue weighted by molar-refractivity contribution is 7.18. The topological polar surface area (TPSA) is 16.1 Å². The zero-order chi connectivity index (χ0) is 13.8. The lowest BCUT2D eigenvalue weighted by Crippen LogP contribution is -2.38. The molecule has 0 aliphatic carbocycles. The minimum Gasteiger partial charge on any atom is -0.298 e. The first-order valence-electron chi connectivity index (χ1n) is 6.59. The molecule has 2 rings (SSSR count). The number of pyridine rings is 1. The number of alkyl halides is 1. The van der Waals surface area contributed by atoms with E-state index in [1.807, 2.05) is 11.9 Å². The smallest absolute Gasteiger partial charge is 0.177 e. The van der Waals surface area contributed by atoms with Gasteiger partial charge < -0.3 is 0 Å². The number of aromatic nitrogens is 1. The van der Waals surface area contributed by atoms with Gasteiger partial charge in [-0.05, 0) is 24.6 Å². The van der Waals surface area contributed by atoms with Crippen molar-refractivity contribution in [3.63, 3.8) is 0 Å². The summed E-state index contributed by atoms with van der Waals surface area (Å²) in [6.07, 6.45) is 3.97. The predicted molar refractivity (Wildman–Crippen MR) is 78.4 cm³/mol. The second-order valence-corrected chi connectivity index (χ2v) is 5.86. The molecule has 0 saturated heterocycles. The molecular formula is C14H24FN2P. The fourth-order valence-corrected chi connectivity index (χ4v) is 2.63. The van der Waals surface area contributed by atoms with Gasteiger partial charge in [0.2, 0.25) is 0 Å². The summed E-state index contributed by atoms with van der Waals surface area (Å²) in [5.41, 5.74) is 2.77. The molecule has 1 aliphatic heterocycles. The molecule has 0 spiro atoms. The van der Waals surface area contributed by atoms with E-state index in [2.05, 4.69) is 41.1 Å². The van der Waals surface area contributed by atoms with E-state index in [-0.39, 0.29) is 0 Å². The summed E-state index contributed by atoms with van der Waals surface area (Å²) in [4.78, 5) is 6.24. The molecule has 0 bridgehead atoms. The van der Waals surface area contributed by atoms with E-state index in [9.17, 15) is 4.39 Å². The van der Waals surface area contributed by atoms with Gasteiger partial charge >= 0.3 is 0 Å². The van der Waals surface area contributed by atoms with Gasteiger partial charge in [-0.1, -0.05) is 42.5 Å². The van der Waals surface area contributed by atoms with Crippen molar-refractivity contribution in [1.29, 1.82) is 0 Å². The molecule has 1 aliphatic rings. The highest BCUT2D eigenvalue weighted by atomic mass is 31.0. The molecule has 2 unspecified atom stereocenters. The summed E-state index contributed by atoms with van der Waals surface area (Å²) < 4.78 is 14.2. The molecular weight excluding hydrogens is 246 g/mol. The molecule has 18 heavy (non-hydrogen) atoms. The average molecular weight is 270 g/mol. The Kier molecular flexibility index (Phi) is 5.68. The van der Waals surface area contributed by atoms with Crippen molar-refractivity contribution in [2.24, 2.45) is 0 Å². The fourth-order valence-electron chi connectivity index (χ4n) is 2.06. The molecule has 0 saturated carbocycles. The summed E-state index contributed by atoms with van der Waals surface area (Å²) in [5, 5.41) is -1.39. The van der Waals surface area contributed by atoms with Crippen molar-refractivity contribution in [3.05, 3.63) is 29.1 Å². The zero-order valence-corrected chi connectivity index (χ0v) is 13.0. The van der Waals surface area contributed by atoms with Crippen LogP contribution >= 0.6 is 9.24 Å². The van der Waals surface area contributed by atoms with Gasteiger partial charge in [0.05, 0.1) is 5.69 Å². The van der Waals surface area contributed by atoms with Gasteiger partial charge in [0.25, 0.3) is 0 Å². The minimum atomic E-state index is -1.39. The predicted octanol–water partition coefficient (Wildman–Crippen LogP) is 3.50. The van der Waals surface area contributed by atoms with Crippen molar-refractivity contribution in [2.75, 3.05) is 13.6 Å². The Labute approximate surface area is 112 Å². The molecule has 1 aromatic rings. The second-order valence-electron chi connectivity index (χ2n) is 4.95. The lowest BCUT2D eigenvalue weighted by molar-refractivity contribution is 0.160. The van der Waals surface area contributed by atoms with E-state index in [1.54, 1.807) is 6.20 Å². The minimum absolute atomic E-state index is 0.392. The molecule has 0 amide bonds. The first kappa shape index (κ1) is 15.5. The van der Waals surface area contributed by atoms with Crippen molar-refractivity contribution in [3.8, 4) is 0 Å². The molecule has 102 valence electrons. The molecule has 4 heteroatoms. The van der Waals surface area contributed by atoms with Gasteiger partial charge in [-0.15, -0.1) is 0 Å². The van der Waals surface area contributed by atoms with Crippen LogP contribution in [-0.4, -0.2) is 23.5 Å². The Bertz CT molecular complexity index is 393. The van der Waals surface area contributed by atoms with Crippen LogP contribution in [0.25, 0.3) is 0 Å². The van der Waals surface area contributed by atoms with E-state index in [4.69, 9.17) is 0 Å². The maximum absolute atomic E-state index is 14.2. The number of fused-ring (bicyclic) bond motifs is 1. The number of nitrogens with zero attached hydrogens (tertiary/aromatic N) is 2. The first-order chi connectivity index (χ1) is 8.44. The standard InChI is InChI=1S/C11H16FN2P.C3H8/c1-3-8-4-9-6-14(2)7-11(12,15)10(9)13-5-8;1-3-2/h4-5H,3,6-7,15H2,1-2H3;3H2,1-2H3. The summed E-state index contributed by atoms with van der Waals surface area (Å²) in [6, 6.07) is 2.07. The van der Waals surface area contributed by atoms with E-state index in [0.29, 0.717) is 12.2 Å². The molecule has 0 N–H and O–H groups in total. The second kappa shape index (κ2) is 6.58. The van der Waals surface area contributed by atoms with Gasteiger partial charge in [0, 0.05) is 19.3 Å². The number of aryl methyl sites for hydroxylation is 1. The van der Waals surface area contributed by atoms with Crippen molar-refractivity contribution >= 4 is 9.24 Å². The maximum Gasteiger partial charge on any atom is 0.177 e. The molecule has 2 heterocycles. The monoisotopic (exact) mass is 270 g/mol. The third kappa shape index (κ3) is 3.73. The Morgan fingerprint density at radius 2 is 2.06 bits per heavy atom. The van der Waals surface area contributed by atoms with Crippen molar-refractivity contribution in [2.45, 2.75) is 45.6 Å². The quantitative estimate of drug-likeness (QED) is 0.726. The highest BCUT2D eigenvalue weighted by Crippen LogP contribution is 2.38. The fraction of sp³-hybridized carbons (Fsp3) is 0.643. The number of hydrogen-bond donors (Lipinski definition) is 0. The van der Waals surface area contributed by atoms with E-state index in [1.165, 1.54) is 12.0 Å². The third-order valence-corrected chi connectivity index (χ3v) is 3.22. The number of hydrogen-bond acceptors (Lipinski definition) is 2. The van der Waals surface area contributed by atoms with Crippen molar-refractivity contribution < 1.29 is 4.39 Å². The molecule has 0 radical (unpaired) electrons. The Hall–Kier alpha value is -0.530. The normalized spacial score (nSPS) is 23.0. The third-order valence-electron chi connectivity index (χ3n) is 2.77. The summed E-state index contributed by atoms with van der Waals surface area (Å²) in [7, 11) is 4.21. The van der Waals surface area contributed by atoms with Crippen LogP contribution in [0.2, 0.25) is 0 Å². The molecule has 1 aromatic heterocycles. The van der Waals surface area contributed by atoms with E-state index < -0.39 is 5.41 Å². The van der Waals surface area contributed by atoms with Crippen LogP contribution in [0.1, 0.15) is 44.0 Å². The van der Waals surface area contributed by atoms with Crippen molar-refractivity contribution in [1.82, 2.24) is 9.88 Å². The number of rotatable bonds is 1. The van der Waals surface area contributed by atoms with Crippen LogP contribution in [0.15, 0.2) is 12.3 Å². The number of halogens is 1. The van der Waals surface area contributed by atoms with Crippen LogP contribution in [0, 0.1) is 0 Å². The SMILES string of the molecule is CCC.CCc1cnc2c(c1)CN(C)CC2(F)P. The highest BCUT2D eigenvalue weighted by Gasteiger charge is 2.36. The van der Waals surface area contributed by atoms with E-state index in [0.717, 1.165) is 18.5 Å². The van der Waals surface area contributed by atoms with Crippen LogP contribution in [0.4, 0.5) is 4.39 Å². The van der Waals surface area contributed by atoms with E-state index >= 15 is 0 Å². The largest absolute Gasteiger partial charge is 0.298 e. The van der Waals surface area contributed by atoms with Gasteiger partial charge in [0.15, 0.2) is 5.41 Å². The maximum atomic E-state index is 14.2. The Balaban J connectivity index is 0.000000492. The zero-order valence-electron chi connectivity index (χ0n) is 11.8. The van der Waals surface area contributed by atoms with Crippen LogP contribution < -0.4 is 0 Å². The first-order valence-corrected chi connectivity index (χ1v) is 7.16. The average Bonchev–Trinajstić information content (AvgIpc) is 2.27. The Morgan fingerprint density at radius 3 is 2.61 bits per heavy atom. The van der Waals surface area contributed by atoms with Crippen LogP contribution in [0.3, 0.4) is 0 Å². The number of likely N-dealkylation sites (N-methyl/N-ethyl adjacent to an activating group) is 1. The molecule has 0 aromatic carbocycles. The summed E-state index contributed by atoms with van der Waals surface area (Å²) in [5.74, 6) is 0. The lowest BCUT2D eigenvalue weighted by atomic mass is 10.0. The molecule has 0 fully saturated rings. The van der Waals surface area contributed by atoms with Gasteiger partial charge in [-0.3, -0.25) is 9.88 Å².